The topological polar surface area (TPSA) is 328 Å². The Balaban J connectivity index is 1.31. The third-order valence-electron chi connectivity index (χ3n) is 9.33. The van der Waals surface area contributed by atoms with Gasteiger partial charge in [-0.1, -0.05) is 0 Å². The van der Waals surface area contributed by atoms with Crippen LogP contribution in [-0.4, -0.2) is 160 Å². The molecule has 20 heteroatoms. The van der Waals surface area contributed by atoms with Crippen LogP contribution < -0.4 is 14.9 Å². The van der Waals surface area contributed by atoms with Gasteiger partial charge >= 0.3 is 0 Å². The van der Waals surface area contributed by atoms with Crippen LogP contribution in [0.4, 0.5) is 0 Å². The molecule has 3 fully saturated rings. The zero-order valence-corrected chi connectivity index (χ0v) is 27.9. The van der Waals surface area contributed by atoms with E-state index in [4.69, 9.17) is 32.8 Å². The predicted molar refractivity (Wildman–Crippen MR) is 172 cm³/mol. The smallest absolute Gasteiger partial charge is 0.239 e. The van der Waals surface area contributed by atoms with Gasteiger partial charge in [0, 0.05) is 17.7 Å². The molecule has 0 spiro atoms. The fourth-order valence-electron chi connectivity index (χ4n) is 6.17. The van der Waals surface area contributed by atoms with Gasteiger partial charge in [-0.2, -0.15) is 0 Å². The maximum Gasteiger partial charge on any atom is 0.239 e. The SMILES string of the molecule is C[C@@H]1O[C@@H](OC[C@H]2O[C@@H](Oc3c(-c4ccc(O[C@@H]5O[C@@H](C)[C@H](O)[C@@H](O)[C@H]5O)c(O)c4)oc4cc(O)cc(O)c4c3=O)[C@H](O)[C@@H](O)[C@@H]2O)[C@H](O)[C@H](O)[C@H]1O. The highest BCUT2D eigenvalue weighted by Gasteiger charge is 2.48. The quantitative estimate of drug-likeness (QED) is 0.108. The number of phenolic OH excluding ortho intramolecular Hbond substituents is 3. The van der Waals surface area contributed by atoms with Gasteiger partial charge in [0.2, 0.25) is 23.8 Å². The summed E-state index contributed by atoms with van der Waals surface area (Å²) in [4.78, 5) is 13.9. The van der Waals surface area contributed by atoms with Crippen molar-refractivity contribution >= 4 is 11.0 Å². The first-order valence-corrected chi connectivity index (χ1v) is 16.4. The lowest BCUT2D eigenvalue weighted by atomic mass is 9.98. The molecule has 0 saturated carbocycles. The van der Waals surface area contributed by atoms with Crippen LogP contribution in [0.15, 0.2) is 39.5 Å². The Morgan fingerprint density at radius 1 is 0.623 bits per heavy atom. The lowest BCUT2D eigenvalue weighted by molar-refractivity contribution is -0.318. The summed E-state index contributed by atoms with van der Waals surface area (Å²) in [6.45, 7) is 2.18. The zero-order valence-electron chi connectivity index (χ0n) is 27.9. The van der Waals surface area contributed by atoms with Crippen molar-refractivity contribution in [2.75, 3.05) is 6.61 Å². The van der Waals surface area contributed by atoms with Crippen molar-refractivity contribution < 1.29 is 94.1 Å². The Morgan fingerprint density at radius 3 is 1.81 bits per heavy atom. The van der Waals surface area contributed by atoms with Crippen LogP contribution in [-0.2, 0) is 18.9 Å². The van der Waals surface area contributed by atoms with Crippen LogP contribution in [0.25, 0.3) is 22.3 Å². The van der Waals surface area contributed by atoms with E-state index in [2.05, 4.69) is 0 Å². The monoisotopic (exact) mass is 756 g/mol. The van der Waals surface area contributed by atoms with Crippen molar-refractivity contribution in [2.24, 2.45) is 0 Å². The Kier molecular flexibility index (Phi) is 11.1. The number of phenols is 3. The van der Waals surface area contributed by atoms with E-state index in [1.807, 2.05) is 0 Å². The van der Waals surface area contributed by atoms with Gasteiger partial charge in [0.1, 0.15) is 83.5 Å². The molecule has 1 aromatic heterocycles. The Hall–Kier alpha value is -3.87. The van der Waals surface area contributed by atoms with Crippen LogP contribution in [0.2, 0.25) is 0 Å². The van der Waals surface area contributed by atoms with E-state index in [-0.39, 0.29) is 16.9 Å². The number of fused-ring (bicyclic) bond motifs is 1. The highest BCUT2D eigenvalue weighted by atomic mass is 16.7. The Bertz CT molecular complexity index is 1830. The van der Waals surface area contributed by atoms with E-state index in [0.717, 1.165) is 24.3 Å². The number of hydrogen-bond donors (Lipinski definition) is 12. The molecule has 12 N–H and O–H groups in total. The zero-order chi connectivity index (χ0) is 38.6. The normalized spacial score (nSPS) is 37.8. The highest BCUT2D eigenvalue weighted by Crippen LogP contribution is 2.40. The van der Waals surface area contributed by atoms with Gasteiger partial charge in [0.05, 0.1) is 18.8 Å². The van der Waals surface area contributed by atoms with Gasteiger partial charge in [0.15, 0.2) is 23.5 Å². The predicted octanol–water partition coefficient (Wildman–Crippen LogP) is -3.19. The molecule has 0 aliphatic carbocycles. The number of aromatic hydroxyl groups is 3. The van der Waals surface area contributed by atoms with E-state index >= 15 is 0 Å². The van der Waals surface area contributed by atoms with Crippen molar-refractivity contribution in [2.45, 2.75) is 106 Å². The molecule has 3 aliphatic rings. The Morgan fingerprint density at radius 2 is 1.19 bits per heavy atom. The molecule has 4 heterocycles. The number of hydrogen-bond acceptors (Lipinski definition) is 20. The summed E-state index contributed by atoms with van der Waals surface area (Å²) in [7, 11) is 0. The average Bonchev–Trinajstić information content (AvgIpc) is 3.11. The van der Waals surface area contributed by atoms with Crippen LogP contribution in [0, 0.1) is 0 Å². The molecule has 53 heavy (non-hydrogen) atoms. The lowest BCUT2D eigenvalue weighted by Gasteiger charge is -2.42. The minimum absolute atomic E-state index is 0.107. The summed E-state index contributed by atoms with van der Waals surface area (Å²) in [5, 5.41) is 124. The molecule has 0 amide bonds. The number of aliphatic hydroxyl groups is 9. The summed E-state index contributed by atoms with van der Waals surface area (Å²) in [6.07, 6.45) is -23.9. The molecule has 2 aromatic carbocycles. The van der Waals surface area contributed by atoms with Crippen LogP contribution >= 0.6 is 0 Å². The molecule has 292 valence electrons. The number of benzene rings is 2. The van der Waals surface area contributed by atoms with Crippen molar-refractivity contribution in [3.63, 3.8) is 0 Å². The molecule has 3 aliphatic heterocycles. The maximum absolute atomic E-state index is 13.9. The van der Waals surface area contributed by atoms with E-state index in [0.29, 0.717) is 0 Å². The molecule has 20 nitrogen and oxygen atoms in total. The van der Waals surface area contributed by atoms with Gasteiger partial charge < -0.3 is 94.1 Å². The molecular formula is C33H40O20. The number of rotatable bonds is 8. The largest absolute Gasteiger partial charge is 0.508 e. The van der Waals surface area contributed by atoms with Crippen molar-refractivity contribution in [1.29, 1.82) is 0 Å². The summed E-state index contributed by atoms with van der Waals surface area (Å²) in [6, 6.07) is 5.27. The second-order valence-corrected chi connectivity index (χ2v) is 13.1. The van der Waals surface area contributed by atoms with Gasteiger partial charge in [0.25, 0.3) is 0 Å². The average molecular weight is 757 g/mol. The van der Waals surface area contributed by atoms with Gasteiger partial charge in [-0.3, -0.25) is 4.79 Å². The number of aliphatic hydroxyl groups excluding tert-OH is 9. The first-order valence-electron chi connectivity index (χ1n) is 16.4. The fourth-order valence-corrected chi connectivity index (χ4v) is 6.17. The maximum atomic E-state index is 13.9. The molecule has 15 atom stereocenters. The van der Waals surface area contributed by atoms with Gasteiger partial charge in [-0.05, 0) is 32.0 Å². The molecule has 0 radical (unpaired) electrons. The molecular weight excluding hydrogens is 716 g/mol. The second-order valence-electron chi connectivity index (χ2n) is 13.1. The van der Waals surface area contributed by atoms with Crippen LogP contribution in [0.3, 0.4) is 0 Å². The van der Waals surface area contributed by atoms with E-state index in [9.17, 15) is 66.1 Å². The molecule has 3 saturated heterocycles. The first-order chi connectivity index (χ1) is 25.0. The first kappa shape index (κ1) is 38.8. The minimum atomic E-state index is -2.03. The second kappa shape index (κ2) is 15.1. The van der Waals surface area contributed by atoms with Crippen LogP contribution in [0.5, 0.6) is 28.7 Å². The standard InChI is InChI=1S/C33H40O20/c1-9-19(37)23(41)26(44)31(48-9)47-8-17-21(39)25(43)28(46)33(52-17)53-30-22(40)18-14(36)6-12(34)7-16(18)50-29(30)11-3-4-15(13(35)5-11)51-32-27(45)24(42)20(38)10(2)49-32/h3-7,9-10,17,19-21,23-28,31-39,41-46H,8H2,1-2H3/t9-,10-,17+,19-,20-,21+,23+,24+,25-,26+,27+,28+,31+,32-,33-/m0/s1. The highest BCUT2D eigenvalue weighted by molar-refractivity contribution is 5.88. The number of ether oxygens (including phenoxy) is 6. The van der Waals surface area contributed by atoms with Crippen molar-refractivity contribution in [1.82, 2.24) is 0 Å². The summed E-state index contributed by atoms with van der Waals surface area (Å²) >= 11 is 0. The lowest BCUT2D eigenvalue weighted by Crippen LogP contribution is -2.61. The van der Waals surface area contributed by atoms with Gasteiger partial charge in [-0.25, -0.2) is 0 Å². The third kappa shape index (κ3) is 7.34. The molecule has 0 bridgehead atoms. The van der Waals surface area contributed by atoms with Gasteiger partial charge in [-0.15, -0.1) is 0 Å². The summed E-state index contributed by atoms with van der Waals surface area (Å²) < 4.78 is 39.1. The van der Waals surface area contributed by atoms with Crippen LogP contribution in [0.1, 0.15) is 13.8 Å². The third-order valence-corrected chi connectivity index (χ3v) is 9.33. The summed E-state index contributed by atoms with van der Waals surface area (Å²) in [5.41, 5.74) is -1.54. The van der Waals surface area contributed by atoms with E-state index in [1.54, 1.807) is 0 Å². The Labute approximate surface area is 298 Å². The molecule has 0 unspecified atom stereocenters. The molecule has 3 aromatic rings. The van der Waals surface area contributed by atoms with Crippen molar-refractivity contribution in [3.8, 4) is 40.1 Å². The van der Waals surface area contributed by atoms with E-state index < -0.39 is 138 Å². The van der Waals surface area contributed by atoms with Crippen molar-refractivity contribution in [3.05, 3.63) is 40.6 Å². The fraction of sp³-hybridized carbons (Fsp3) is 0.545. The molecule has 6 rings (SSSR count). The minimum Gasteiger partial charge on any atom is -0.508 e. The summed E-state index contributed by atoms with van der Waals surface area (Å²) in [5.74, 6) is -3.37. The van der Waals surface area contributed by atoms with E-state index in [1.165, 1.54) is 19.9 Å².